The molecule has 2 aromatic carbocycles. The van der Waals surface area contributed by atoms with Gasteiger partial charge in [0.25, 0.3) is 0 Å². The van der Waals surface area contributed by atoms with Crippen molar-refractivity contribution in [2.75, 3.05) is 17.2 Å². The lowest BCUT2D eigenvalue weighted by molar-refractivity contribution is -0.125. The summed E-state index contributed by atoms with van der Waals surface area (Å²) in [4.78, 5) is 27.8. The van der Waals surface area contributed by atoms with Crippen molar-refractivity contribution in [1.82, 2.24) is 5.32 Å². The fourth-order valence-electron chi connectivity index (χ4n) is 3.56. The van der Waals surface area contributed by atoms with Gasteiger partial charge in [-0.3, -0.25) is 9.59 Å². The summed E-state index contributed by atoms with van der Waals surface area (Å²) < 4.78 is 0. The van der Waals surface area contributed by atoms with Gasteiger partial charge in [0.1, 0.15) is 6.54 Å². The summed E-state index contributed by atoms with van der Waals surface area (Å²) in [7, 11) is 0. The SMILES string of the molecule is O=C(CN1C(=O)CSc2ccccc21)NC1(c2ccc(Cl)cc2)CCC1. The molecule has 0 unspecified atom stereocenters. The summed E-state index contributed by atoms with van der Waals surface area (Å²) in [5.74, 6) is 0.208. The number of carbonyl (C=O) groups excluding carboxylic acids is 2. The molecule has 1 aliphatic heterocycles. The third-order valence-corrected chi connectivity index (χ3v) is 6.39. The largest absolute Gasteiger partial charge is 0.345 e. The molecule has 1 fully saturated rings. The first-order valence-corrected chi connectivity index (χ1v) is 10.0. The van der Waals surface area contributed by atoms with Gasteiger partial charge in [-0.15, -0.1) is 11.8 Å². The number of nitrogens with zero attached hydrogens (tertiary/aromatic N) is 1. The number of amides is 2. The summed E-state index contributed by atoms with van der Waals surface area (Å²) in [6.45, 7) is 0.0474. The van der Waals surface area contributed by atoms with Crippen molar-refractivity contribution in [2.24, 2.45) is 0 Å². The third-order valence-electron chi connectivity index (χ3n) is 5.09. The molecule has 4 nitrogen and oxygen atoms in total. The van der Waals surface area contributed by atoms with Crippen LogP contribution in [0.4, 0.5) is 5.69 Å². The fraction of sp³-hybridized carbons (Fsp3) is 0.300. The second-order valence-electron chi connectivity index (χ2n) is 6.73. The Morgan fingerprint density at radius 2 is 1.88 bits per heavy atom. The van der Waals surface area contributed by atoms with Gasteiger partial charge in [0.2, 0.25) is 11.8 Å². The number of hydrogen-bond acceptors (Lipinski definition) is 3. The van der Waals surface area contributed by atoms with Gasteiger partial charge in [-0.2, -0.15) is 0 Å². The molecule has 0 radical (unpaired) electrons. The van der Waals surface area contributed by atoms with E-state index in [0.29, 0.717) is 10.8 Å². The molecule has 1 saturated carbocycles. The van der Waals surface area contributed by atoms with Crippen molar-refractivity contribution in [3.8, 4) is 0 Å². The molecule has 6 heteroatoms. The molecule has 134 valence electrons. The number of anilines is 1. The molecular weight excluding hydrogens is 368 g/mol. The van der Waals surface area contributed by atoms with E-state index in [4.69, 9.17) is 11.6 Å². The van der Waals surface area contributed by atoms with Gasteiger partial charge in [-0.1, -0.05) is 35.9 Å². The normalized spacial score (nSPS) is 18.0. The molecular formula is C20H19ClN2O2S. The minimum absolute atomic E-state index is 0.0296. The van der Waals surface area contributed by atoms with Crippen LogP contribution in [0.25, 0.3) is 0 Å². The molecule has 2 aliphatic rings. The highest BCUT2D eigenvalue weighted by Crippen LogP contribution is 2.41. The zero-order chi connectivity index (χ0) is 18.1. The fourth-order valence-corrected chi connectivity index (χ4v) is 4.62. The zero-order valence-electron chi connectivity index (χ0n) is 14.2. The number of rotatable bonds is 4. The highest BCUT2D eigenvalue weighted by molar-refractivity contribution is 8.00. The Hall–Kier alpha value is -1.98. The summed E-state index contributed by atoms with van der Waals surface area (Å²) in [6, 6.07) is 15.4. The van der Waals surface area contributed by atoms with Crippen LogP contribution in [0.3, 0.4) is 0 Å². The van der Waals surface area contributed by atoms with E-state index < -0.39 is 0 Å². The van der Waals surface area contributed by atoms with Crippen LogP contribution in [-0.2, 0) is 15.1 Å². The average Bonchev–Trinajstić information content (AvgIpc) is 2.61. The van der Waals surface area contributed by atoms with E-state index in [2.05, 4.69) is 5.32 Å². The van der Waals surface area contributed by atoms with E-state index in [9.17, 15) is 9.59 Å². The average molecular weight is 387 g/mol. The number of carbonyl (C=O) groups is 2. The zero-order valence-corrected chi connectivity index (χ0v) is 15.8. The molecule has 0 saturated heterocycles. The Kier molecular flexibility index (Phi) is 4.67. The highest BCUT2D eigenvalue weighted by atomic mass is 35.5. The Bertz CT molecular complexity index is 849. The molecule has 1 aliphatic carbocycles. The van der Waals surface area contributed by atoms with Gasteiger partial charge in [0, 0.05) is 9.92 Å². The lowest BCUT2D eigenvalue weighted by Gasteiger charge is -2.43. The number of benzene rings is 2. The first kappa shape index (κ1) is 17.4. The summed E-state index contributed by atoms with van der Waals surface area (Å²) in [6.07, 6.45) is 2.88. The predicted molar refractivity (Wildman–Crippen MR) is 105 cm³/mol. The van der Waals surface area contributed by atoms with Crippen LogP contribution in [-0.4, -0.2) is 24.1 Å². The molecule has 2 amide bonds. The van der Waals surface area contributed by atoms with E-state index in [0.717, 1.165) is 35.4 Å². The minimum Gasteiger partial charge on any atom is -0.345 e. The Morgan fingerprint density at radius 1 is 1.15 bits per heavy atom. The van der Waals surface area contributed by atoms with Gasteiger partial charge in [-0.25, -0.2) is 0 Å². The minimum atomic E-state index is -0.339. The standard InChI is InChI=1S/C20H19ClN2O2S/c21-15-8-6-14(7-9-15)20(10-3-11-20)22-18(24)12-23-16-4-1-2-5-17(16)26-13-19(23)25/h1-2,4-9H,3,10-13H2,(H,22,24). The van der Waals surface area contributed by atoms with E-state index in [1.165, 1.54) is 11.8 Å². The topological polar surface area (TPSA) is 49.4 Å². The second kappa shape index (κ2) is 6.97. The number of hydrogen-bond donors (Lipinski definition) is 1. The van der Waals surface area contributed by atoms with Gasteiger partial charge < -0.3 is 10.2 Å². The van der Waals surface area contributed by atoms with E-state index in [1.54, 1.807) is 4.90 Å². The summed E-state index contributed by atoms with van der Waals surface area (Å²) >= 11 is 7.51. The Morgan fingerprint density at radius 3 is 2.58 bits per heavy atom. The molecule has 0 spiro atoms. The van der Waals surface area contributed by atoms with Crippen molar-refractivity contribution >= 4 is 40.9 Å². The molecule has 4 rings (SSSR count). The molecule has 0 atom stereocenters. The maximum atomic E-state index is 12.8. The van der Waals surface area contributed by atoms with Crippen LogP contribution in [0.2, 0.25) is 5.02 Å². The summed E-state index contributed by atoms with van der Waals surface area (Å²) in [5.41, 5.74) is 1.55. The quantitative estimate of drug-likeness (QED) is 0.864. The van der Waals surface area contributed by atoms with E-state index >= 15 is 0 Å². The van der Waals surface area contributed by atoms with Crippen molar-refractivity contribution in [3.63, 3.8) is 0 Å². The lowest BCUT2D eigenvalue weighted by Crippen LogP contribution is -2.54. The van der Waals surface area contributed by atoms with Crippen LogP contribution in [0.5, 0.6) is 0 Å². The highest BCUT2D eigenvalue weighted by Gasteiger charge is 2.40. The number of fused-ring (bicyclic) bond motifs is 1. The number of thioether (sulfide) groups is 1. The molecule has 1 heterocycles. The van der Waals surface area contributed by atoms with Crippen LogP contribution in [0.1, 0.15) is 24.8 Å². The van der Waals surface area contributed by atoms with Crippen molar-refractivity contribution in [3.05, 3.63) is 59.1 Å². The second-order valence-corrected chi connectivity index (χ2v) is 8.18. The lowest BCUT2D eigenvalue weighted by atomic mass is 9.72. The van der Waals surface area contributed by atoms with Crippen molar-refractivity contribution in [1.29, 1.82) is 0 Å². The predicted octanol–water partition coefficient (Wildman–Crippen LogP) is 3.97. The maximum absolute atomic E-state index is 12.8. The molecule has 0 aromatic heterocycles. The molecule has 0 bridgehead atoms. The third kappa shape index (κ3) is 3.21. The van der Waals surface area contributed by atoms with Crippen LogP contribution < -0.4 is 10.2 Å². The van der Waals surface area contributed by atoms with Crippen LogP contribution in [0, 0.1) is 0 Å². The van der Waals surface area contributed by atoms with Gasteiger partial charge >= 0.3 is 0 Å². The molecule has 26 heavy (non-hydrogen) atoms. The first-order valence-electron chi connectivity index (χ1n) is 8.67. The number of nitrogens with one attached hydrogen (secondary N) is 1. The Labute approximate surface area is 161 Å². The van der Waals surface area contributed by atoms with Gasteiger partial charge in [0.15, 0.2) is 0 Å². The maximum Gasteiger partial charge on any atom is 0.240 e. The summed E-state index contributed by atoms with van der Waals surface area (Å²) in [5, 5.41) is 3.86. The molecule has 2 aromatic rings. The number of halogens is 1. The van der Waals surface area contributed by atoms with Crippen molar-refractivity contribution in [2.45, 2.75) is 29.7 Å². The Balaban J connectivity index is 1.52. The molecule has 1 N–H and O–H groups in total. The van der Waals surface area contributed by atoms with E-state index in [-0.39, 0.29) is 23.9 Å². The van der Waals surface area contributed by atoms with Gasteiger partial charge in [0.05, 0.1) is 17.0 Å². The van der Waals surface area contributed by atoms with Crippen molar-refractivity contribution < 1.29 is 9.59 Å². The van der Waals surface area contributed by atoms with Gasteiger partial charge in [-0.05, 0) is 49.1 Å². The first-order chi connectivity index (χ1) is 12.6. The smallest absolute Gasteiger partial charge is 0.240 e. The van der Waals surface area contributed by atoms with Crippen LogP contribution in [0.15, 0.2) is 53.4 Å². The monoisotopic (exact) mass is 386 g/mol. The van der Waals surface area contributed by atoms with E-state index in [1.807, 2.05) is 48.5 Å². The number of para-hydroxylation sites is 1. The van der Waals surface area contributed by atoms with Crippen LogP contribution >= 0.6 is 23.4 Å².